The molecule has 0 saturated heterocycles. The molecule has 4 atom stereocenters. The number of hydrogen-bond acceptors (Lipinski definition) is 7. The first-order valence-electron chi connectivity index (χ1n) is 23.2. The Hall–Kier alpha value is -2.58. The summed E-state index contributed by atoms with van der Waals surface area (Å²) in [4.78, 5) is 52.4. The van der Waals surface area contributed by atoms with Crippen molar-refractivity contribution in [1.82, 2.24) is 4.90 Å². The Balaban J connectivity index is 2.62. The van der Waals surface area contributed by atoms with E-state index in [0.29, 0.717) is 57.9 Å². The van der Waals surface area contributed by atoms with Crippen LogP contribution in [0, 0.1) is 23.2 Å². The maximum atomic E-state index is 13.2. The molecule has 0 radical (unpaired) electrons. The molecule has 0 spiro atoms. The molecule has 0 aromatic heterocycles. The Labute approximate surface area is 342 Å². The molecule has 1 rings (SSSR count). The van der Waals surface area contributed by atoms with Gasteiger partial charge in [-0.3, -0.25) is 19.2 Å². The van der Waals surface area contributed by atoms with E-state index in [0.717, 1.165) is 77.0 Å². The van der Waals surface area contributed by atoms with Crippen molar-refractivity contribution in [2.24, 2.45) is 23.2 Å². The maximum Gasteiger partial charge on any atom is 0.317 e. The second kappa shape index (κ2) is 32.4. The number of rotatable bonds is 38. The van der Waals surface area contributed by atoms with Gasteiger partial charge >= 0.3 is 23.9 Å². The number of carbonyl (C=O) groups is 4. The van der Waals surface area contributed by atoms with Crippen LogP contribution in [0.4, 0.5) is 0 Å². The fourth-order valence-electron chi connectivity index (χ4n) is 8.18. The molecule has 2 N–H and O–H groups in total. The zero-order valence-electron chi connectivity index (χ0n) is 36.7. The van der Waals surface area contributed by atoms with Crippen molar-refractivity contribution in [1.29, 1.82) is 0 Å². The van der Waals surface area contributed by atoms with E-state index in [9.17, 15) is 29.4 Å². The van der Waals surface area contributed by atoms with E-state index in [1.165, 1.54) is 51.4 Å². The summed E-state index contributed by atoms with van der Waals surface area (Å²) in [6.45, 7) is 9.33. The molecule has 0 aliphatic carbocycles. The number of aliphatic carboxylic acids is 2. The van der Waals surface area contributed by atoms with E-state index in [2.05, 4.69) is 20.8 Å². The molecule has 0 aromatic rings. The summed E-state index contributed by atoms with van der Waals surface area (Å²) in [6, 6.07) is 0. The van der Waals surface area contributed by atoms with Crippen LogP contribution in [0.1, 0.15) is 214 Å². The minimum absolute atomic E-state index is 0.0110. The summed E-state index contributed by atoms with van der Waals surface area (Å²) in [6.07, 6.45) is 31.0. The van der Waals surface area contributed by atoms with Gasteiger partial charge in [0.05, 0.1) is 18.4 Å². The van der Waals surface area contributed by atoms with Crippen LogP contribution in [0.2, 0.25) is 0 Å². The van der Waals surface area contributed by atoms with Crippen molar-refractivity contribution in [3.8, 4) is 0 Å². The Morgan fingerprint density at radius 3 is 1.55 bits per heavy atom. The Morgan fingerprint density at radius 1 is 0.625 bits per heavy atom. The highest BCUT2D eigenvalue weighted by atomic mass is 16.5. The fraction of sp³-hybridized carbons (Fsp3) is 0.872. The number of esters is 2. The van der Waals surface area contributed by atoms with Crippen LogP contribution in [-0.4, -0.2) is 65.3 Å². The monoisotopic (exact) mass is 792 g/mol. The second-order valence-electron chi connectivity index (χ2n) is 17.4. The van der Waals surface area contributed by atoms with E-state index in [1.54, 1.807) is 0 Å². The number of carbonyl (C=O) groups excluding carboxylic acids is 2. The highest BCUT2D eigenvalue weighted by molar-refractivity contribution is 5.79. The van der Waals surface area contributed by atoms with E-state index in [-0.39, 0.29) is 37.0 Å². The van der Waals surface area contributed by atoms with Crippen molar-refractivity contribution in [2.75, 3.05) is 20.2 Å². The van der Waals surface area contributed by atoms with E-state index in [4.69, 9.17) is 9.47 Å². The van der Waals surface area contributed by atoms with Gasteiger partial charge in [0.1, 0.15) is 11.5 Å². The van der Waals surface area contributed by atoms with Gasteiger partial charge in [-0.15, -0.1) is 0 Å². The molecule has 0 bridgehead atoms. The van der Waals surface area contributed by atoms with Crippen molar-refractivity contribution in [3.63, 3.8) is 0 Å². The minimum Gasteiger partial charge on any atom is -0.481 e. The quantitative estimate of drug-likeness (QED) is 0.0463. The fourth-order valence-corrected chi connectivity index (χ4v) is 8.18. The molecule has 56 heavy (non-hydrogen) atoms. The largest absolute Gasteiger partial charge is 0.481 e. The number of ether oxygens (including phenoxy) is 2. The van der Waals surface area contributed by atoms with Crippen LogP contribution in [-0.2, 0) is 28.7 Å². The normalized spacial score (nSPS) is 17.4. The van der Waals surface area contributed by atoms with Gasteiger partial charge in [0.2, 0.25) is 0 Å². The van der Waals surface area contributed by atoms with Gasteiger partial charge < -0.3 is 24.6 Å². The zero-order valence-corrected chi connectivity index (χ0v) is 36.7. The summed E-state index contributed by atoms with van der Waals surface area (Å²) < 4.78 is 11.7. The summed E-state index contributed by atoms with van der Waals surface area (Å²) in [7, 11) is 1.96. The number of unbranched alkanes of at least 4 members (excludes halogenated alkanes) is 16. The SMILES string of the molecule is CCCCCCCCCCCCC(CCCOC(=O)CCCCC(CC(CCCCCC)C(=O)O)CC(CCCCCC)C(=O)O)OC(=O)C1(C)C=CN(C)C1. The molecule has 326 valence electrons. The molecule has 4 unspecified atom stereocenters. The first kappa shape index (κ1) is 51.4. The highest BCUT2D eigenvalue weighted by Gasteiger charge is 2.38. The van der Waals surface area contributed by atoms with E-state index >= 15 is 0 Å². The number of carboxylic acid groups (broad SMARTS) is 2. The van der Waals surface area contributed by atoms with Crippen molar-refractivity contribution in [3.05, 3.63) is 12.3 Å². The molecule has 9 nitrogen and oxygen atoms in total. The Kier molecular flexibility index (Phi) is 29.7. The summed E-state index contributed by atoms with van der Waals surface area (Å²) in [5.41, 5.74) is -0.650. The van der Waals surface area contributed by atoms with Crippen LogP contribution in [0.25, 0.3) is 0 Å². The Bertz CT molecular complexity index is 1050. The molecule has 1 heterocycles. The summed E-state index contributed by atoms with van der Waals surface area (Å²) >= 11 is 0. The molecule has 0 amide bonds. The van der Waals surface area contributed by atoms with E-state index in [1.807, 2.05) is 31.1 Å². The highest BCUT2D eigenvalue weighted by Crippen LogP contribution is 2.32. The van der Waals surface area contributed by atoms with Gasteiger partial charge in [-0.25, -0.2) is 0 Å². The third-order valence-electron chi connectivity index (χ3n) is 11.8. The van der Waals surface area contributed by atoms with Gasteiger partial charge in [-0.1, -0.05) is 143 Å². The lowest BCUT2D eigenvalue weighted by atomic mass is 9.80. The van der Waals surface area contributed by atoms with Crippen molar-refractivity contribution in [2.45, 2.75) is 220 Å². The lowest BCUT2D eigenvalue weighted by molar-refractivity contribution is -0.159. The van der Waals surface area contributed by atoms with Gasteiger partial charge in [-0.05, 0) is 82.9 Å². The minimum atomic E-state index is -0.789. The van der Waals surface area contributed by atoms with Gasteiger partial charge in [0.15, 0.2) is 0 Å². The number of carboxylic acids is 2. The van der Waals surface area contributed by atoms with Crippen LogP contribution in [0.15, 0.2) is 12.3 Å². The average Bonchev–Trinajstić information content (AvgIpc) is 3.53. The van der Waals surface area contributed by atoms with Gasteiger partial charge in [-0.2, -0.15) is 0 Å². The first-order valence-corrected chi connectivity index (χ1v) is 23.2. The maximum absolute atomic E-state index is 13.2. The van der Waals surface area contributed by atoms with Crippen molar-refractivity contribution >= 4 is 23.9 Å². The first-order chi connectivity index (χ1) is 26.9. The lowest BCUT2D eigenvalue weighted by Gasteiger charge is -2.26. The van der Waals surface area contributed by atoms with Crippen molar-refractivity contribution < 1.29 is 38.9 Å². The average molecular weight is 792 g/mol. The molecule has 0 saturated carbocycles. The third-order valence-corrected chi connectivity index (χ3v) is 11.8. The lowest BCUT2D eigenvalue weighted by Crippen LogP contribution is -2.35. The molecular formula is C47H85NO8. The Morgan fingerprint density at radius 2 is 1.07 bits per heavy atom. The predicted molar refractivity (Wildman–Crippen MR) is 227 cm³/mol. The molecule has 1 aliphatic heterocycles. The second-order valence-corrected chi connectivity index (χ2v) is 17.4. The summed E-state index contributed by atoms with van der Waals surface area (Å²) in [5, 5.41) is 20.0. The molecule has 9 heteroatoms. The molecular weight excluding hydrogens is 707 g/mol. The number of nitrogens with zero attached hydrogens (tertiary/aromatic N) is 1. The van der Waals surface area contributed by atoms with Crippen LogP contribution >= 0.6 is 0 Å². The smallest absolute Gasteiger partial charge is 0.317 e. The topological polar surface area (TPSA) is 130 Å². The van der Waals surface area contributed by atoms with Crippen LogP contribution in [0.3, 0.4) is 0 Å². The third kappa shape index (κ3) is 24.9. The standard InChI is InChI=1S/C47H85NO8/c1-6-9-12-15-16-17-18-19-20-23-30-42(56-46(54)47(4)33-34-48(5)38-47)31-26-35-55-43(49)32-25-24-27-39(36-40(44(50)51)28-21-13-10-7-2)37-41(45(52)53)29-22-14-11-8-3/h33-34,39-42H,6-32,35-38H2,1-5H3,(H,50,51)(H,52,53). The van der Waals surface area contributed by atoms with Gasteiger partial charge in [0, 0.05) is 20.0 Å². The predicted octanol–water partition coefficient (Wildman–Crippen LogP) is 12.3. The van der Waals surface area contributed by atoms with Crippen LogP contribution < -0.4 is 0 Å². The van der Waals surface area contributed by atoms with E-state index < -0.39 is 29.2 Å². The molecule has 0 aromatic carbocycles. The number of hydrogen-bond donors (Lipinski definition) is 2. The molecule has 0 fully saturated rings. The van der Waals surface area contributed by atoms with Crippen LogP contribution in [0.5, 0.6) is 0 Å². The van der Waals surface area contributed by atoms with Gasteiger partial charge in [0.25, 0.3) is 0 Å². The zero-order chi connectivity index (χ0) is 41.4. The summed E-state index contributed by atoms with van der Waals surface area (Å²) in [5.74, 6) is -2.97. The molecule has 1 aliphatic rings.